The molecule has 1 aromatic carbocycles. The number of benzene rings is 1. The summed E-state index contributed by atoms with van der Waals surface area (Å²) in [6.45, 7) is 2.55. The standard InChI is InChI=1S/C15H20FNO2/c1-11(19)14-10-12(16)6-7-15(14)17-8-2-4-13(17)5-3-9-18/h6-7,10,13,18H,2-5,8-9H2,1H3. The second-order valence-electron chi connectivity index (χ2n) is 5.07. The van der Waals surface area contributed by atoms with Crippen LogP contribution in [0.2, 0.25) is 0 Å². The van der Waals surface area contributed by atoms with Crippen LogP contribution in [-0.2, 0) is 0 Å². The van der Waals surface area contributed by atoms with Crippen LogP contribution in [0.4, 0.5) is 10.1 Å². The molecule has 0 saturated carbocycles. The Morgan fingerprint density at radius 3 is 3.00 bits per heavy atom. The van der Waals surface area contributed by atoms with E-state index in [9.17, 15) is 9.18 Å². The maximum atomic E-state index is 13.3. The molecule has 4 heteroatoms. The molecular formula is C15H20FNO2. The molecule has 19 heavy (non-hydrogen) atoms. The molecule has 0 aliphatic carbocycles. The number of aliphatic hydroxyl groups excluding tert-OH is 1. The highest BCUT2D eigenvalue weighted by Gasteiger charge is 2.26. The molecule has 0 bridgehead atoms. The van der Waals surface area contributed by atoms with Gasteiger partial charge in [-0.3, -0.25) is 4.79 Å². The van der Waals surface area contributed by atoms with Crippen molar-refractivity contribution in [2.75, 3.05) is 18.1 Å². The lowest BCUT2D eigenvalue weighted by Crippen LogP contribution is -2.30. The van der Waals surface area contributed by atoms with Crippen molar-refractivity contribution in [2.45, 2.75) is 38.6 Å². The lowest BCUT2D eigenvalue weighted by atomic mass is 10.1. The Balaban J connectivity index is 2.27. The van der Waals surface area contributed by atoms with Crippen LogP contribution in [0, 0.1) is 5.82 Å². The summed E-state index contributed by atoms with van der Waals surface area (Å²) in [5, 5.41) is 8.94. The molecular weight excluding hydrogens is 245 g/mol. The SMILES string of the molecule is CC(=O)c1cc(F)ccc1N1CCCC1CCCO. The number of hydrogen-bond acceptors (Lipinski definition) is 3. The van der Waals surface area contributed by atoms with E-state index in [1.54, 1.807) is 6.07 Å². The Morgan fingerprint density at radius 1 is 1.53 bits per heavy atom. The molecule has 1 aliphatic rings. The van der Waals surface area contributed by atoms with Crippen molar-refractivity contribution in [3.63, 3.8) is 0 Å². The quantitative estimate of drug-likeness (QED) is 0.832. The van der Waals surface area contributed by atoms with Gasteiger partial charge in [-0.2, -0.15) is 0 Å². The Morgan fingerprint density at radius 2 is 2.32 bits per heavy atom. The number of rotatable bonds is 5. The van der Waals surface area contributed by atoms with Crippen LogP contribution in [0.3, 0.4) is 0 Å². The van der Waals surface area contributed by atoms with Gasteiger partial charge < -0.3 is 10.0 Å². The smallest absolute Gasteiger partial charge is 0.161 e. The third kappa shape index (κ3) is 3.13. The number of halogens is 1. The van der Waals surface area contributed by atoms with E-state index in [1.807, 2.05) is 0 Å². The topological polar surface area (TPSA) is 40.5 Å². The van der Waals surface area contributed by atoms with Gasteiger partial charge in [-0.15, -0.1) is 0 Å². The highest BCUT2D eigenvalue weighted by molar-refractivity contribution is 5.99. The van der Waals surface area contributed by atoms with Gasteiger partial charge in [0.05, 0.1) is 0 Å². The van der Waals surface area contributed by atoms with Crippen LogP contribution >= 0.6 is 0 Å². The first kappa shape index (κ1) is 14.0. The molecule has 1 N–H and O–H groups in total. The fourth-order valence-corrected chi connectivity index (χ4v) is 2.82. The molecule has 1 heterocycles. The summed E-state index contributed by atoms with van der Waals surface area (Å²) >= 11 is 0. The van der Waals surface area contributed by atoms with Crippen LogP contribution in [-0.4, -0.2) is 30.1 Å². The van der Waals surface area contributed by atoms with Crippen molar-refractivity contribution < 1.29 is 14.3 Å². The summed E-state index contributed by atoms with van der Waals surface area (Å²) in [5.41, 5.74) is 1.28. The van der Waals surface area contributed by atoms with Crippen LogP contribution in [0.5, 0.6) is 0 Å². The molecule has 2 rings (SSSR count). The molecule has 0 aromatic heterocycles. The van der Waals surface area contributed by atoms with Crippen LogP contribution in [0.15, 0.2) is 18.2 Å². The fraction of sp³-hybridized carbons (Fsp3) is 0.533. The van der Waals surface area contributed by atoms with Crippen molar-refractivity contribution in [1.29, 1.82) is 0 Å². The van der Waals surface area contributed by atoms with Crippen LogP contribution in [0.25, 0.3) is 0 Å². The Hall–Kier alpha value is -1.42. The molecule has 1 atom stereocenters. The molecule has 1 saturated heterocycles. The Labute approximate surface area is 113 Å². The molecule has 104 valence electrons. The average molecular weight is 265 g/mol. The first-order valence-electron chi connectivity index (χ1n) is 6.81. The van der Waals surface area contributed by atoms with Crippen LogP contribution < -0.4 is 4.90 Å². The van der Waals surface area contributed by atoms with E-state index in [-0.39, 0.29) is 18.2 Å². The first-order chi connectivity index (χ1) is 9.13. The van der Waals surface area contributed by atoms with E-state index in [0.717, 1.165) is 37.9 Å². The first-order valence-corrected chi connectivity index (χ1v) is 6.81. The molecule has 1 unspecified atom stereocenters. The summed E-state index contributed by atoms with van der Waals surface area (Å²) in [6, 6.07) is 4.77. The number of carbonyl (C=O) groups excluding carboxylic acids is 1. The highest BCUT2D eigenvalue weighted by atomic mass is 19.1. The summed E-state index contributed by atoms with van der Waals surface area (Å²) in [5.74, 6) is -0.484. The molecule has 0 amide bonds. The average Bonchev–Trinajstić information content (AvgIpc) is 2.84. The normalized spacial score (nSPS) is 18.9. The summed E-state index contributed by atoms with van der Waals surface area (Å²) < 4.78 is 13.3. The van der Waals surface area contributed by atoms with Gasteiger partial charge >= 0.3 is 0 Å². The van der Waals surface area contributed by atoms with Gasteiger partial charge in [0, 0.05) is 30.4 Å². The van der Waals surface area contributed by atoms with E-state index in [4.69, 9.17) is 5.11 Å². The number of ketones is 1. The van der Waals surface area contributed by atoms with Crippen molar-refractivity contribution >= 4 is 11.5 Å². The van der Waals surface area contributed by atoms with Gasteiger partial charge in [-0.25, -0.2) is 4.39 Å². The number of aliphatic hydroxyl groups is 1. The predicted octanol–water partition coefficient (Wildman–Crippen LogP) is 2.77. The third-order valence-electron chi connectivity index (χ3n) is 3.72. The molecule has 0 spiro atoms. The Bertz CT molecular complexity index is 461. The third-order valence-corrected chi connectivity index (χ3v) is 3.72. The second kappa shape index (κ2) is 6.15. The van der Waals surface area contributed by atoms with Crippen molar-refractivity contribution in [3.05, 3.63) is 29.6 Å². The second-order valence-corrected chi connectivity index (χ2v) is 5.07. The minimum absolute atomic E-state index is 0.109. The Kier molecular flexibility index (Phi) is 4.53. The van der Waals surface area contributed by atoms with Crippen molar-refractivity contribution in [2.24, 2.45) is 0 Å². The lowest BCUT2D eigenvalue weighted by Gasteiger charge is -2.28. The number of nitrogens with zero attached hydrogens (tertiary/aromatic N) is 1. The zero-order chi connectivity index (χ0) is 13.8. The zero-order valence-electron chi connectivity index (χ0n) is 11.2. The van der Waals surface area contributed by atoms with Crippen molar-refractivity contribution in [1.82, 2.24) is 0 Å². The minimum Gasteiger partial charge on any atom is -0.396 e. The zero-order valence-corrected chi connectivity index (χ0v) is 11.2. The molecule has 3 nitrogen and oxygen atoms in total. The number of anilines is 1. The molecule has 1 aliphatic heterocycles. The van der Waals surface area contributed by atoms with Gasteiger partial charge in [0.25, 0.3) is 0 Å². The van der Waals surface area contributed by atoms with E-state index >= 15 is 0 Å². The summed E-state index contributed by atoms with van der Waals surface area (Å²) in [4.78, 5) is 13.8. The number of carbonyl (C=O) groups is 1. The van der Waals surface area contributed by atoms with E-state index in [1.165, 1.54) is 19.1 Å². The van der Waals surface area contributed by atoms with Gasteiger partial charge in [-0.05, 0) is 50.8 Å². The van der Waals surface area contributed by atoms with E-state index in [2.05, 4.69) is 4.90 Å². The van der Waals surface area contributed by atoms with E-state index in [0.29, 0.717) is 11.6 Å². The predicted molar refractivity (Wildman–Crippen MR) is 73.1 cm³/mol. The van der Waals surface area contributed by atoms with Crippen molar-refractivity contribution in [3.8, 4) is 0 Å². The summed E-state index contributed by atoms with van der Waals surface area (Å²) in [7, 11) is 0. The highest BCUT2D eigenvalue weighted by Crippen LogP contribution is 2.31. The van der Waals surface area contributed by atoms with Gasteiger partial charge in [0.2, 0.25) is 0 Å². The summed E-state index contributed by atoms with van der Waals surface area (Å²) in [6.07, 6.45) is 3.81. The minimum atomic E-state index is -0.375. The number of Topliss-reactive ketones (excluding diaryl/α,β-unsaturated/α-hetero) is 1. The maximum Gasteiger partial charge on any atom is 0.161 e. The van der Waals surface area contributed by atoms with E-state index < -0.39 is 0 Å². The molecule has 1 aromatic rings. The fourth-order valence-electron chi connectivity index (χ4n) is 2.82. The van der Waals surface area contributed by atoms with Crippen LogP contribution in [0.1, 0.15) is 43.0 Å². The largest absolute Gasteiger partial charge is 0.396 e. The van der Waals surface area contributed by atoms with Gasteiger partial charge in [-0.1, -0.05) is 0 Å². The molecule has 0 radical (unpaired) electrons. The molecule has 1 fully saturated rings. The van der Waals surface area contributed by atoms with Gasteiger partial charge in [0.1, 0.15) is 5.82 Å². The van der Waals surface area contributed by atoms with Gasteiger partial charge in [0.15, 0.2) is 5.78 Å². The monoisotopic (exact) mass is 265 g/mol. The number of hydrogen-bond donors (Lipinski definition) is 1. The lowest BCUT2D eigenvalue weighted by molar-refractivity contribution is 0.101. The maximum absolute atomic E-state index is 13.3.